The predicted octanol–water partition coefficient (Wildman–Crippen LogP) is 6.34. The van der Waals surface area contributed by atoms with Crippen molar-refractivity contribution in [2.75, 3.05) is 13.2 Å². The summed E-state index contributed by atoms with van der Waals surface area (Å²) in [6.07, 6.45) is 1.76. The second kappa shape index (κ2) is 12.2. The molecule has 0 fully saturated rings. The van der Waals surface area contributed by atoms with Crippen LogP contribution in [0.4, 0.5) is 0 Å². The Kier molecular flexibility index (Phi) is 8.55. The fraction of sp³-hybridized carbons (Fsp3) is 0.290. The Hall–Kier alpha value is -4.44. The first-order valence-corrected chi connectivity index (χ1v) is 12.8. The van der Waals surface area contributed by atoms with Gasteiger partial charge in [-0.25, -0.2) is 4.79 Å². The number of hydrogen-bond acceptors (Lipinski definition) is 7. The van der Waals surface area contributed by atoms with Crippen LogP contribution in [0.15, 0.2) is 78.2 Å². The van der Waals surface area contributed by atoms with E-state index >= 15 is 0 Å². The molecule has 1 aliphatic heterocycles. The van der Waals surface area contributed by atoms with Crippen molar-refractivity contribution in [2.45, 2.75) is 39.5 Å². The third-order valence-electron chi connectivity index (χ3n) is 6.13. The summed E-state index contributed by atoms with van der Waals surface area (Å²) in [5.41, 5.74) is 8.40. The second-order valence-corrected chi connectivity index (χ2v) is 9.46. The molecule has 4 rings (SSSR count). The summed E-state index contributed by atoms with van der Waals surface area (Å²) in [6, 6.07) is 21.9. The summed E-state index contributed by atoms with van der Waals surface area (Å²) in [5.74, 6) is 1.44. The molecule has 0 saturated carbocycles. The number of esters is 1. The molecule has 0 aromatic heterocycles. The molecule has 38 heavy (non-hydrogen) atoms. The van der Waals surface area contributed by atoms with E-state index in [4.69, 9.17) is 24.7 Å². The normalized spacial score (nSPS) is 14.3. The van der Waals surface area contributed by atoms with Crippen LogP contribution in [0.1, 0.15) is 61.0 Å². The van der Waals surface area contributed by atoms with Gasteiger partial charge in [0, 0.05) is 11.6 Å². The van der Waals surface area contributed by atoms with Crippen LogP contribution >= 0.6 is 0 Å². The number of fused-ring (bicyclic) bond motifs is 1. The molecule has 7 nitrogen and oxygen atoms in total. The van der Waals surface area contributed by atoms with Crippen molar-refractivity contribution in [1.29, 1.82) is 5.26 Å². The molecule has 1 heterocycles. The smallest absolute Gasteiger partial charge is 0.347 e. The van der Waals surface area contributed by atoms with Crippen molar-refractivity contribution in [1.82, 2.24) is 0 Å². The molecule has 0 bridgehead atoms. The highest BCUT2D eigenvalue weighted by Crippen LogP contribution is 2.44. The lowest BCUT2D eigenvalue weighted by atomic mass is 9.83. The van der Waals surface area contributed by atoms with Crippen LogP contribution in [0.2, 0.25) is 0 Å². The minimum Gasteiger partial charge on any atom is -0.494 e. The van der Waals surface area contributed by atoms with Crippen LogP contribution in [0, 0.1) is 17.2 Å². The minimum atomic E-state index is -0.545. The monoisotopic (exact) mass is 512 g/mol. The third kappa shape index (κ3) is 6.09. The predicted molar refractivity (Wildman–Crippen MR) is 144 cm³/mol. The molecule has 3 aromatic carbocycles. The number of benzene rings is 3. The van der Waals surface area contributed by atoms with E-state index in [9.17, 15) is 10.1 Å². The molecule has 1 atom stereocenters. The summed E-state index contributed by atoms with van der Waals surface area (Å²) >= 11 is 0. The van der Waals surface area contributed by atoms with E-state index in [-0.39, 0.29) is 11.6 Å². The van der Waals surface area contributed by atoms with Gasteiger partial charge in [-0.05, 0) is 54.7 Å². The first-order chi connectivity index (χ1) is 18.4. The highest BCUT2D eigenvalue weighted by molar-refractivity contribution is 5.94. The highest BCUT2D eigenvalue weighted by Gasteiger charge is 2.31. The van der Waals surface area contributed by atoms with Gasteiger partial charge in [0.1, 0.15) is 40.2 Å². The highest BCUT2D eigenvalue weighted by atomic mass is 16.5. The number of nitrogens with two attached hydrogens (primary N) is 1. The van der Waals surface area contributed by atoms with Gasteiger partial charge in [0.2, 0.25) is 5.88 Å². The summed E-state index contributed by atoms with van der Waals surface area (Å²) in [5, 5.41) is 9.90. The van der Waals surface area contributed by atoms with E-state index in [0.29, 0.717) is 41.8 Å². The molecular weight excluding hydrogens is 480 g/mol. The van der Waals surface area contributed by atoms with E-state index in [1.54, 1.807) is 42.5 Å². The standard InChI is InChI=1S/C31H32N2O5/c1-4-15-36-27-11-6-5-10-25(27)31(34)37-23-12-13-24-28(18-23)38-30(33)26(19-32)29(24)21-8-7-9-22(17-21)35-16-14-20(2)3/h5-13,17-18,20,29H,4,14-16,33H2,1-3H3. The molecule has 2 N–H and O–H groups in total. The Bertz CT molecular complexity index is 1370. The van der Waals surface area contributed by atoms with Crippen LogP contribution in [0.3, 0.4) is 0 Å². The fourth-order valence-electron chi connectivity index (χ4n) is 4.17. The average Bonchev–Trinajstić information content (AvgIpc) is 2.91. The lowest BCUT2D eigenvalue weighted by Crippen LogP contribution is -2.21. The van der Waals surface area contributed by atoms with Crippen molar-refractivity contribution >= 4 is 5.97 Å². The number of ether oxygens (including phenoxy) is 4. The van der Waals surface area contributed by atoms with Gasteiger partial charge in [-0.1, -0.05) is 51.1 Å². The van der Waals surface area contributed by atoms with Gasteiger partial charge < -0.3 is 24.7 Å². The Morgan fingerprint density at radius 2 is 1.84 bits per heavy atom. The van der Waals surface area contributed by atoms with Crippen LogP contribution in [-0.4, -0.2) is 19.2 Å². The Labute approximate surface area is 223 Å². The van der Waals surface area contributed by atoms with Crippen LogP contribution in [-0.2, 0) is 0 Å². The summed E-state index contributed by atoms with van der Waals surface area (Å²) < 4.78 is 23.1. The first-order valence-electron chi connectivity index (χ1n) is 12.8. The molecule has 0 radical (unpaired) electrons. The number of allylic oxidation sites excluding steroid dienone is 1. The summed E-state index contributed by atoms with van der Waals surface area (Å²) in [6.45, 7) is 7.40. The number of hydrogen-bond donors (Lipinski definition) is 1. The zero-order valence-corrected chi connectivity index (χ0v) is 21.9. The molecule has 0 saturated heterocycles. The van der Waals surface area contributed by atoms with Crippen molar-refractivity contribution in [2.24, 2.45) is 11.7 Å². The molecule has 1 unspecified atom stereocenters. The third-order valence-corrected chi connectivity index (χ3v) is 6.13. The number of rotatable bonds is 10. The number of nitriles is 1. The Morgan fingerprint density at radius 1 is 1.03 bits per heavy atom. The number of carbonyl (C=O) groups is 1. The molecule has 0 aliphatic carbocycles. The van der Waals surface area contributed by atoms with Gasteiger partial charge in [0.15, 0.2) is 0 Å². The maximum absolute atomic E-state index is 12.9. The lowest BCUT2D eigenvalue weighted by molar-refractivity contribution is 0.0730. The first kappa shape index (κ1) is 26.6. The van der Waals surface area contributed by atoms with Crippen molar-refractivity contribution in [3.63, 3.8) is 0 Å². The van der Waals surface area contributed by atoms with Crippen molar-refractivity contribution in [3.05, 3.63) is 94.9 Å². The zero-order chi connectivity index (χ0) is 27.1. The number of nitrogens with zero attached hydrogens (tertiary/aromatic N) is 1. The molecule has 196 valence electrons. The summed E-state index contributed by atoms with van der Waals surface area (Å²) in [4.78, 5) is 12.9. The van der Waals surface area contributed by atoms with Gasteiger partial charge in [-0.3, -0.25) is 0 Å². The van der Waals surface area contributed by atoms with Gasteiger partial charge in [-0.15, -0.1) is 0 Å². The molecule has 7 heteroatoms. The topological polar surface area (TPSA) is 104 Å². The Morgan fingerprint density at radius 3 is 2.61 bits per heavy atom. The maximum Gasteiger partial charge on any atom is 0.347 e. The quantitative estimate of drug-likeness (QED) is 0.250. The van der Waals surface area contributed by atoms with E-state index in [2.05, 4.69) is 19.9 Å². The minimum absolute atomic E-state index is 0.0120. The average molecular weight is 513 g/mol. The van der Waals surface area contributed by atoms with Crippen LogP contribution in [0.25, 0.3) is 0 Å². The van der Waals surface area contributed by atoms with Crippen molar-refractivity contribution < 1.29 is 23.7 Å². The number of para-hydroxylation sites is 1. The Balaban J connectivity index is 1.61. The lowest BCUT2D eigenvalue weighted by Gasteiger charge is -2.27. The molecule has 0 amide bonds. The van der Waals surface area contributed by atoms with Crippen LogP contribution in [0.5, 0.6) is 23.0 Å². The van der Waals surface area contributed by atoms with Crippen molar-refractivity contribution in [3.8, 4) is 29.1 Å². The van der Waals surface area contributed by atoms with E-state index in [1.807, 2.05) is 31.2 Å². The molecule has 1 aliphatic rings. The summed E-state index contributed by atoms with van der Waals surface area (Å²) in [7, 11) is 0. The zero-order valence-electron chi connectivity index (χ0n) is 21.9. The maximum atomic E-state index is 12.9. The SMILES string of the molecule is CCCOc1ccccc1C(=O)Oc1ccc2c(c1)OC(N)=C(C#N)C2c1cccc(OCCC(C)C)c1. The van der Waals surface area contributed by atoms with Gasteiger partial charge in [-0.2, -0.15) is 5.26 Å². The molecular formula is C31H32N2O5. The molecule has 3 aromatic rings. The molecule has 0 spiro atoms. The van der Waals surface area contributed by atoms with Gasteiger partial charge in [0.05, 0.1) is 19.1 Å². The van der Waals surface area contributed by atoms with E-state index in [1.165, 1.54) is 0 Å². The van der Waals surface area contributed by atoms with Gasteiger partial charge >= 0.3 is 5.97 Å². The van der Waals surface area contributed by atoms with Gasteiger partial charge in [0.25, 0.3) is 0 Å². The van der Waals surface area contributed by atoms with E-state index in [0.717, 1.165) is 29.7 Å². The fourth-order valence-corrected chi connectivity index (χ4v) is 4.17. The number of carbonyl (C=O) groups excluding carboxylic acids is 1. The van der Waals surface area contributed by atoms with E-state index < -0.39 is 11.9 Å². The largest absolute Gasteiger partial charge is 0.494 e. The second-order valence-electron chi connectivity index (χ2n) is 9.46. The van der Waals surface area contributed by atoms with Crippen LogP contribution < -0.4 is 24.7 Å².